The van der Waals surface area contributed by atoms with E-state index in [0.29, 0.717) is 4.47 Å². The number of hydrogen-bond acceptors (Lipinski definition) is 6. The maximum Gasteiger partial charge on any atom is 0.299 e. The number of anilines is 1. The number of halogens is 1. The molecular weight excluding hydrogens is 280 g/mol. The molecule has 0 unspecified atom stereocenters. The van der Waals surface area contributed by atoms with Gasteiger partial charge in [0.05, 0.1) is 4.92 Å². The van der Waals surface area contributed by atoms with Gasteiger partial charge in [-0.2, -0.15) is 0 Å². The van der Waals surface area contributed by atoms with E-state index < -0.39 is 4.92 Å². The van der Waals surface area contributed by atoms with Gasteiger partial charge in [0, 0.05) is 22.8 Å². The van der Waals surface area contributed by atoms with E-state index in [1.807, 2.05) is 0 Å². The molecule has 2 rings (SSSR count). The minimum atomic E-state index is -0.550. The first-order valence-electron chi connectivity index (χ1n) is 4.10. The lowest BCUT2D eigenvalue weighted by Crippen LogP contribution is -1.94. The van der Waals surface area contributed by atoms with E-state index in [1.165, 1.54) is 18.3 Å². The first-order valence-corrected chi connectivity index (χ1v) is 4.89. The van der Waals surface area contributed by atoms with Gasteiger partial charge in [-0.3, -0.25) is 10.1 Å². The van der Waals surface area contributed by atoms with Crippen LogP contribution in [0.15, 0.2) is 27.3 Å². The molecule has 2 aromatic heterocycles. The third kappa shape index (κ3) is 1.87. The molecule has 0 aliphatic carbocycles. The zero-order chi connectivity index (χ0) is 11.7. The number of rotatable bonds is 2. The second kappa shape index (κ2) is 3.89. The van der Waals surface area contributed by atoms with Gasteiger partial charge in [-0.15, -0.1) is 0 Å². The SMILES string of the molecule is Nc1cc(-c2ncc(Br)cc2[N+](=O)[O-])on1. The molecule has 7 nitrogen and oxygen atoms in total. The van der Waals surface area contributed by atoms with Gasteiger partial charge in [0.2, 0.25) is 0 Å². The summed E-state index contributed by atoms with van der Waals surface area (Å²) in [4.78, 5) is 14.2. The molecule has 2 aromatic rings. The first-order chi connectivity index (χ1) is 7.58. The van der Waals surface area contributed by atoms with Crippen molar-refractivity contribution < 1.29 is 9.45 Å². The molecule has 2 N–H and O–H groups in total. The van der Waals surface area contributed by atoms with Crippen LogP contribution < -0.4 is 5.73 Å². The monoisotopic (exact) mass is 284 g/mol. The van der Waals surface area contributed by atoms with Crippen molar-refractivity contribution in [3.05, 3.63) is 32.9 Å². The molecule has 0 bridgehead atoms. The van der Waals surface area contributed by atoms with Gasteiger partial charge in [-0.25, -0.2) is 4.98 Å². The van der Waals surface area contributed by atoms with E-state index in [-0.39, 0.29) is 23.0 Å². The van der Waals surface area contributed by atoms with E-state index in [1.54, 1.807) is 0 Å². The normalized spacial score (nSPS) is 10.3. The predicted molar refractivity (Wildman–Crippen MR) is 58.5 cm³/mol. The highest BCUT2D eigenvalue weighted by Crippen LogP contribution is 2.30. The van der Waals surface area contributed by atoms with Crippen LogP contribution >= 0.6 is 15.9 Å². The van der Waals surface area contributed by atoms with Crippen molar-refractivity contribution in [2.75, 3.05) is 5.73 Å². The van der Waals surface area contributed by atoms with Crippen LogP contribution in [0.2, 0.25) is 0 Å². The van der Waals surface area contributed by atoms with Crippen LogP contribution in [0.25, 0.3) is 11.5 Å². The molecular formula is C8H5BrN4O3. The number of hydrogen-bond donors (Lipinski definition) is 1. The molecule has 2 heterocycles. The van der Waals surface area contributed by atoms with E-state index in [2.05, 4.69) is 26.1 Å². The third-order valence-corrected chi connectivity index (χ3v) is 2.23. The molecule has 0 saturated heterocycles. The van der Waals surface area contributed by atoms with Crippen molar-refractivity contribution in [2.24, 2.45) is 0 Å². The molecule has 0 atom stereocenters. The minimum absolute atomic E-state index is 0.0948. The van der Waals surface area contributed by atoms with Crippen LogP contribution in [0.5, 0.6) is 0 Å². The number of nitrogens with two attached hydrogens (primary N) is 1. The highest BCUT2D eigenvalue weighted by atomic mass is 79.9. The number of nitro groups is 1. The summed E-state index contributed by atoms with van der Waals surface area (Å²) in [6, 6.07) is 2.71. The molecule has 16 heavy (non-hydrogen) atoms. The zero-order valence-corrected chi connectivity index (χ0v) is 9.34. The molecule has 0 saturated carbocycles. The van der Waals surface area contributed by atoms with Crippen molar-refractivity contribution in [2.45, 2.75) is 0 Å². The second-order valence-corrected chi connectivity index (χ2v) is 3.81. The number of aromatic nitrogens is 2. The Labute approximate surface area is 97.5 Å². The maximum atomic E-state index is 10.8. The lowest BCUT2D eigenvalue weighted by Gasteiger charge is -1.97. The fourth-order valence-electron chi connectivity index (χ4n) is 1.16. The number of nitrogens with zero attached hydrogens (tertiary/aromatic N) is 3. The van der Waals surface area contributed by atoms with Crippen LogP contribution in [0.1, 0.15) is 0 Å². The van der Waals surface area contributed by atoms with Crippen molar-refractivity contribution in [3.63, 3.8) is 0 Å². The summed E-state index contributed by atoms with van der Waals surface area (Å²) in [5.74, 6) is 0.311. The smallest absolute Gasteiger partial charge is 0.299 e. The van der Waals surface area contributed by atoms with Gasteiger partial charge in [0.25, 0.3) is 5.69 Å². The standard InChI is InChI=1S/C8H5BrN4O3/c9-4-1-5(13(14)15)8(11-3-4)6-2-7(10)12-16-6/h1-3H,(H2,10,12). The average molecular weight is 285 g/mol. The van der Waals surface area contributed by atoms with Crippen molar-refractivity contribution in [1.29, 1.82) is 0 Å². The highest BCUT2D eigenvalue weighted by Gasteiger charge is 2.20. The highest BCUT2D eigenvalue weighted by molar-refractivity contribution is 9.10. The fraction of sp³-hybridized carbons (Fsp3) is 0. The van der Waals surface area contributed by atoms with E-state index >= 15 is 0 Å². The summed E-state index contributed by atoms with van der Waals surface area (Å²) in [6.45, 7) is 0. The first kappa shape index (κ1) is 10.6. The topological polar surface area (TPSA) is 108 Å². The summed E-state index contributed by atoms with van der Waals surface area (Å²) in [5.41, 5.74) is 5.28. The molecule has 8 heteroatoms. The van der Waals surface area contributed by atoms with Crippen molar-refractivity contribution >= 4 is 27.4 Å². The molecule has 0 aliphatic rings. The Kier molecular flexibility index (Phi) is 2.57. The van der Waals surface area contributed by atoms with Crippen LogP contribution in [0.3, 0.4) is 0 Å². The Morgan fingerprint density at radius 3 is 2.81 bits per heavy atom. The van der Waals surface area contributed by atoms with Crippen LogP contribution in [-0.2, 0) is 0 Å². The Balaban J connectivity index is 2.60. The van der Waals surface area contributed by atoms with E-state index in [9.17, 15) is 10.1 Å². The summed E-state index contributed by atoms with van der Waals surface area (Å²) >= 11 is 3.10. The van der Waals surface area contributed by atoms with Crippen molar-refractivity contribution in [3.8, 4) is 11.5 Å². The Bertz CT molecular complexity index is 554. The largest absolute Gasteiger partial charge is 0.381 e. The zero-order valence-electron chi connectivity index (χ0n) is 7.75. The van der Waals surface area contributed by atoms with E-state index in [4.69, 9.17) is 10.3 Å². The number of nitrogen functional groups attached to an aromatic ring is 1. The Morgan fingerprint density at radius 1 is 1.50 bits per heavy atom. The van der Waals surface area contributed by atoms with Crippen LogP contribution in [0, 0.1) is 10.1 Å². The molecule has 0 fully saturated rings. The minimum Gasteiger partial charge on any atom is -0.381 e. The van der Waals surface area contributed by atoms with Gasteiger partial charge in [0.15, 0.2) is 17.3 Å². The average Bonchev–Trinajstić information content (AvgIpc) is 2.64. The van der Waals surface area contributed by atoms with E-state index in [0.717, 1.165) is 0 Å². The summed E-state index contributed by atoms with van der Waals surface area (Å²) in [6.07, 6.45) is 1.43. The third-order valence-electron chi connectivity index (χ3n) is 1.79. The van der Waals surface area contributed by atoms with Gasteiger partial charge < -0.3 is 10.3 Å². The Morgan fingerprint density at radius 2 is 2.25 bits per heavy atom. The molecule has 0 radical (unpaired) electrons. The van der Waals surface area contributed by atoms with Crippen LogP contribution in [-0.4, -0.2) is 15.1 Å². The predicted octanol–water partition coefficient (Wildman–Crippen LogP) is 1.99. The summed E-state index contributed by atoms with van der Waals surface area (Å²) < 4.78 is 5.33. The molecule has 0 spiro atoms. The van der Waals surface area contributed by atoms with Gasteiger partial charge in [-0.1, -0.05) is 5.16 Å². The molecule has 82 valence electrons. The van der Waals surface area contributed by atoms with Gasteiger partial charge >= 0.3 is 0 Å². The lowest BCUT2D eigenvalue weighted by molar-refractivity contribution is -0.384. The molecule has 0 aliphatic heterocycles. The second-order valence-electron chi connectivity index (χ2n) is 2.89. The van der Waals surface area contributed by atoms with Crippen LogP contribution in [0.4, 0.5) is 11.5 Å². The molecule has 0 amide bonds. The summed E-state index contributed by atoms with van der Waals surface area (Å²) in [5, 5.41) is 14.2. The Hall–Kier alpha value is -1.96. The van der Waals surface area contributed by atoms with Gasteiger partial charge in [-0.05, 0) is 15.9 Å². The summed E-state index contributed by atoms with van der Waals surface area (Å²) in [7, 11) is 0. The van der Waals surface area contributed by atoms with Crippen molar-refractivity contribution in [1.82, 2.24) is 10.1 Å². The fourth-order valence-corrected chi connectivity index (χ4v) is 1.48. The lowest BCUT2D eigenvalue weighted by atomic mass is 10.2. The molecule has 0 aromatic carbocycles. The van der Waals surface area contributed by atoms with Gasteiger partial charge in [0.1, 0.15) is 0 Å². The number of pyridine rings is 1. The maximum absolute atomic E-state index is 10.8. The quantitative estimate of drug-likeness (QED) is 0.667.